The highest BCUT2D eigenvalue weighted by Crippen LogP contribution is 2.25. The van der Waals surface area contributed by atoms with Gasteiger partial charge in [-0.3, -0.25) is 0 Å². The molecule has 2 N–H and O–H groups in total. The first-order valence-electron chi connectivity index (χ1n) is 6.58. The topological polar surface area (TPSA) is 54.4 Å². The number of nitrogens with zero attached hydrogens (tertiary/aromatic N) is 1. The average Bonchev–Trinajstić information content (AvgIpc) is 2.89. The summed E-state index contributed by atoms with van der Waals surface area (Å²) in [7, 11) is 1.58. The number of nitrogens with one attached hydrogen (secondary N) is 1. The molecule has 0 spiro atoms. The van der Waals surface area contributed by atoms with Gasteiger partial charge in [-0.1, -0.05) is 29.8 Å². The van der Waals surface area contributed by atoms with Crippen molar-refractivity contribution >= 4 is 11.3 Å². The number of rotatable bonds is 7. The number of benzene rings is 1. The molecule has 1 aromatic carbocycles. The molecule has 4 nitrogen and oxygen atoms in total. The number of thiazole rings is 1. The van der Waals surface area contributed by atoms with Gasteiger partial charge in [-0.2, -0.15) is 0 Å². The number of ether oxygens (including phenoxy) is 1. The lowest BCUT2D eigenvalue weighted by molar-refractivity contribution is 0.0644. The number of aromatic nitrogens is 1. The van der Waals surface area contributed by atoms with Crippen molar-refractivity contribution in [2.45, 2.75) is 19.6 Å². The molecule has 1 aromatic heterocycles. The lowest BCUT2D eigenvalue weighted by atomic mass is 10.2. The van der Waals surface area contributed by atoms with Crippen molar-refractivity contribution in [1.29, 1.82) is 0 Å². The zero-order valence-corrected chi connectivity index (χ0v) is 12.6. The van der Waals surface area contributed by atoms with Crippen molar-refractivity contribution < 1.29 is 9.84 Å². The highest BCUT2D eigenvalue weighted by atomic mass is 32.1. The van der Waals surface area contributed by atoms with E-state index >= 15 is 0 Å². The monoisotopic (exact) mass is 292 g/mol. The van der Waals surface area contributed by atoms with Crippen molar-refractivity contribution in [3.8, 4) is 10.6 Å². The number of hydrogen-bond acceptors (Lipinski definition) is 5. The predicted molar refractivity (Wildman–Crippen MR) is 81.9 cm³/mol. The number of aliphatic hydroxyl groups is 1. The Bertz CT molecular complexity index is 525. The van der Waals surface area contributed by atoms with Crippen LogP contribution in [0, 0.1) is 6.92 Å². The second-order valence-electron chi connectivity index (χ2n) is 4.74. The lowest BCUT2D eigenvalue weighted by Crippen LogP contribution is -2.29. The van der Waals surface area contributed by atoms with E-state index in [4.69, 9.17) is 4.74 Å². The molecule has 2 aromatic rings. The van der Waals surface area contributed by atoms with E-state index in [9.17, 15) is 5.11 Å². The molecular formula is C15H20N2O2S. The van der Waals surface area contributed by atoms with E-state index in [2.05, 4.69) is 41.5 Å². The maximum absolute atomic E-state index is 9.54. The third kappa shape index (κ3) is 4.38. The summed E-state index contributed by atoms with van der Waals surface area (Å²) in [6.45, 7) is 3.66. The van der Waals surface area contributed by atoms with Crippen molar-refractivity contribution in [3.63, 3.8) is 0 Å². The molecule has 0 amide bonds. The Morgan fingerprint density at radius 1 is 1.35 bits per heavy atom. The van der Waals surface area contributed by atoms with Crippen LogP contribution in [0.4, 0.5) is 0 Å². The molecule has 1 unspecified atom stereocenters. The van der Waals surface area contributed by atoms with Crippen LogP contribution in [0.1, 0.15) is 10.4 Å². The summed E-state index contributed by atoms with van der Waals surface area (Å²) in [5.41, 5.74) is 2.39. The molecule has 0 saturated carbocycles. The van der Waals surface area contributed by atoms with Gasteiger partial charge in [0.25, 0.3) is 0 Å². The van der Waals surface area contributed by atoms with Gasteiger partial charge in [0.15, 0.2) is 0 Å². The first-order chi connectivity index (χ1) is 9.69. The summed E-state index contributed by atoms with van der Waals surface area (Å²) in [4.78, 5) is 5.60. The van der Waals surface area contributed by atoms with Crippen LogP contribution in [0.3, 0.4) is 0 Å². The molecule has 108 valence electrons. The van der Waals surface area contributed by atoms with Crippen molar-refractivity contribution in [2.24, 2.45) is 0 Å². The third-order valence-corrected chi connectivity index (χ3v) is 3.94. The largest absolute Gasteiger partial charge is 0.389 e. The second kappa shape index (κ2) is 7.50. The molecule has 1 heterocycles. The van der Waals surface area contributed by atoms with Gasteiger partial charge < -0.3 is 15.2 Å². The van der Waals surface area contributed by atoms with Gasteiger partial charge in [-0.15, -0.1) is 11.3 Å². The Hall–Kier alpha value is -1.27. The van der Waals surface area contributed by atoms with Crippen LogP contribution in [0.5, 0.6) is 0 Å². The molecule has 0 radical (unpaired) electrons. The SMILES string of the molecule is COCC(O)CNCc1cnc(-c2ccc(C)cc2)s1. The Morgan fingerprint density at radius 3 is 2.80 bits per heavy atom. The van der Waals surface area contributed by atoms with Crippen LogP contribution in [0.2, 0.25) is 0 Å². The van der Waals surface area contributed by atoms with Gasteiger partial charge in [0.05, 0.1) is 12.7 Å². The molecule has 0 fully saturated rings. The molecule has 0 aliphatic rings. The van der Waals surface area contributed by atoms with Gasteiger partial charge in [0.2, 0.25) is 0 Å². The fourth-order valence-electron chi connectivity index (χ4n) is 1.83. The summed E-state index contributed by atoms with van der Waals surface area (Å²) < 4.78 is 4.88. The lowest BCUT2D eigenvalue weighted by Gasteiger charge is -2.09. The van der Waals surface area contributed by atoms with Crippen molar-refractivity contribution in [1.82, 2.24) is 10.3 Å². The Balaban J connectivity index is 1.87. The molecule has 0 aliphatic carbocycles. The fourth-order valence-corrected chi connectivity index (χ4v) is 2.72. The van der Waals surface area contributed by atoms with Crippen molar-refractivity contribution in [3.05, 3.63) is 40.9 Å². The van der Waals surface area contributed by atoms with Gasteiger partial charge in [0, 0.05) is 36.8 Å². The van der Waals surface area contributed by atoms with E-state index in [-0.39, 0.29) is 0 Å². The highest BCUT2D eigenvalue weighted by molar-refractivity contribution is 7.15. The fraction of sp³-hybridized carbons (Fsp3) is 0.400. The summed E-state index contributed by atoms with van der Waals surface area (Å²) in [5, 5.41) is 13.8. The van der Waals surface area contributed by atoms with E-state index in [0.717, 1.165) is 15.4 Å². The zero-order valence-electron chi connectivity index (χ0n) is 11.8. The molecule has 0 bridgehead atoms. The van der Waals surface area contributed by atoms with Gasteiger partial charge in [0.1, 0.15) is 5.01 Å². The third-order valence-electron chi connectivity index (χ3n) is 2.89. The summed E-state index contributed by atoms with van der Waals surface area (Å²) >= 11 is 1.67. The quantitative estimate of drug-likeness (QED) is 0.821. The van der Waals surface area contributed by atoms with Gasteiger partial charge >= 0.3 is 0 Å². The molecular weight excluding hydrogens is 272 g/mol. The molecule has 5 heteroatoms. The number of methoxy groups -OCH3 is 1. The average molecular weight is 292 g/mol. The van der Waals surface area contributed by atoms with E-state index in [1.165, 1.54) is 5.56 Å². The Morgan fingerprint density at radius 2 is 2.10 bits per heavy atom. The van der Waals surface area contributed by atoms with E-state index in [0.29, 0.717) is 19.7 Å². The number of aliphatic hydroxyl groups excluding tert-OH is 1. The van der Waals surface area contributed by atoms with Crippen LogP contribution in [0.25, 0.3) is 10.6 Å². The van der Waals surface area contributed by atoms with E-state index in [1.54, 1.807) is 18.4 Å². The standard InChI is InChI=1S/C15H20N2O2S/c1-11-3-5-12(6-4-11)15-17-9-14(20-15)8-16-7-13(18)10-19-2/h3-6,9,13,16,18H,7-8,10H2,1-2H3. The van der Waals surface area contributed by atoms with Gasteiger partial charge in [-0.05, 0) is 6.92 Å². The number of hydrogen-bond donors (Lipinski definition) is 2. The maximum atomic E-state index is 9.54. The van der Waals surface area contributed by atoms with Crippen LogP contribution in [0.15, 0.2) is 30.5 Å². The highest BCUT2D eigenvalue weighted by Gasteiger charge is 2.06. The minimum absolute atomic E-state index is 0.351. The zero-order chi connectivity index (χ0) is 14.4. The summed E-state index contributed by atoms with van der Waals surface area (Å²) in [6, 6.07) is 8.37. The molecule has 1 atom stereocenters. The Labute approximate surface area is 123 Å². The second-order valence-corrected chi connectivity index (χ2v) is 5.85. The Kier molecular flexibility index (Phi) is 5.67. The smallest absolute Gasteiger partial charge is 0.123 e. The van der Waals surface area contributed by atoms with Crippen LogP contribution >= 0.6 is 11.3 Å². The molecule has 2 rings (SSSR count). The summed E-state index contributed by atoms with van der Waals surface area (Å²) in [5.74, 6) is 0. The minimum atomic E-state index is -0.468. The molecule has 0 aliphatic heterocycles. The van der Waals surface area contributed by atoms with Crippen molar-refractivity contribution in [2.75, 3.05) is 20.3 Å². The van der Waals surface area contributed by atoms with E-state index in [1.807, 2.05) is 6.20 Å². The molecule has 0 saturated heterocycles. The first-order valence-corrected chi connectivity index (χ1v) is 7.40. The first kappa shape index (κ1) is 15.1. The van der Waals surface area contributed by atoms with E-state index < -0.39 is 6.10 Å². The van der Waals surface area contributed by atoms with Crippen LogP contribution in [-0.2, 0) is 11.3 Å². The van der Waals surface area contributed by atoms with Gasteiger partial charge in [-0.25, -0.2) is 4.98 Å². The van der Waals surface area contributed by atoms with Crippen LogP contribution in [-0.4, -0.2) is 36.5 Å². The summed E-state index contributed by atoms with van der Waals surface area (Å²) in [6.07, 6.45) is 1.42. The normalized spacial score (nSPS) is 12.6. The predicted octanol–water partition coefficient (Wildman–Crippen LogP) is 2.22. The minimum Gasteiger partial charge on any atom is -0.389 e. The van der Waals surface area contributed by atoms with Crippen LogP contribution < -0.4 is 5.32 Å². The maximum Gasteiger partial charge on any atom is 0.123 e. The number of aryl methyl sites for hydroxylation is 1. The molecule has 20 heavy (non-hydrogen) atoms.